The van der Waals surface area contributed by atoms with Crippen LogP contribution in [0.1, 0.15) is 68.2 Å². The zero-order chi connectivity index (χ0) is 22.0. The monoisotopic (exact) mass is 527 g/mol. The zero-order valence-corrected chi connectivity index (χ0v) is 21.9. The summed E-state index contributed by atoms with van der Waals surface area (Å²) in [6.45, 7) is 16.7. The van der Waals surface area contributed by atoms with Gasteiger partial charge in [0.1, 0.15) is 5.60 Å². The molecule has 9 heteroatoms. The van der Waals surface area contributed by atoms with Crippen LogP contribution in [0.5, 0.6) is 0 Å². The molecule has 0 saturated carbocycles. The molecule has 2 amide bonds. The first-order chi connectivity index (χ1) is 12.8. The highest BCUT2D eigenvalue weighted by atomic mass is 127. The summed E-state index contributed by atoms with van der Waals surface area (Å²) in [7, 11) is 1.68. The molecule has 29 heavy (non-hydrogen) atoms. The number of carbonyl (C=O) groups is 2. The number of nitrogens with zero attached hydrogens (tertiary/aromatic N) is 1. The van der Waals surface area contributed by atoms with Crippen molar-refractivity contribution in [2.24, 2.45) is 10.4 Å². The Bertz CT molecular complexity index is 541. The van der Waals surface area contributed by atoms with E-state index in [9.17, 15) is 9.59 Å². The summed E-state index contributed by atoms with van der Waals surface area (Å²) in [5, 5.41) is 12.3. The first kappa shape index (κ1) is 29.9. The standard InChI is InChI=1S/C20H41N5O3.HI/c1-10-20(11-2,25-17(27)28-18(4,5)6)14-24-16(21-9)23-13-19(7,8)15(26)22-12-3;/h10-14H2,1-9H3,(H,22,26)(H,25,27)(H2,21,23,24);1H. The lowest BCUT2D eigenvalue weighted by atomic mass is 9.92. The van der Waals surface area contributed by atoms with Gasteiger partial charge in [-0.05, 0) is 54.4 Å². The summed E-state index contributed by atoms with van der Waals surface area (Å²) in [6.07, 6.45) is 1.03. The number of rotatable bonds is 9. The minimum absolute atomic E-state index is 0. The van der Waals surface area contributed by atoms with Gasteiger partial charge in [0, 0.05) is 26.7 Å². The third-order valence-corrected chi connectivity index (χ3v) is 4.59. The van der Waals surface area contributed by atoms with Crippen molar-refractivity contribution in [3.05, 3.63) is 0 Å². The summed E-state index contributed by atoms with van der Waals surface area (Å²) >= 11 is 0. The third-order valence-electron chi connectivity index (χ3n) is 4.59. The van der Waals surface area contributed by atoms with Gasteiger partial charge in [0.15, 0.2) is 5.96 Å². The van der Waals surface area contributed by atoms with E-state index in [1.165, 1.54) is 0 Å². The predicted molar refractivity (Wildman–Crippen MR) is 130 cm³/mol. The number of alkyl carbamates (subject to hydrolysis) is 1. The highest BCUT2D eigenvalue weighted by Crippen LogP contribution is 2.17. The molecule has 0 atom stereocenters. The molecule has 0 aliphatic rings. The fraction of sp³-hybridized carbons (Fsp3) is 0.850. The van der Waals surface area contributed by atoms with Crippen molar-refractivity contribution in [2.45, 2.75) is 79.4 Å². The highest BCUT2D eigenvalue weighted by Gasteiger charge is 2.31. The van der Waals surface area contributed by atoms with Gasteiger partial charge in [0.25, 0.3) is 0 Å². The normalized spacial score (nSPS) is 12.5. The summed E-state index contributed by atoms with van der Waals surface area (Å²) in [5.41, 5.74) is -1.59. The lowest BCUT2D eigenvalue weighted by Crippen LogP contribution is -2.57. The summed E-state index contributed by atoms with van der Waals surface area (Å²) < 4.78 is 5.40. The Hall–Kier alpha value is -1.26. The molecule has 0 bridgehead atoms. The fourth-order valence-electron chi connectivity index (χ4n) is 2.50. The molecule has 0 fully saturated rings. The molecular weight excluding hydrogens is 485 g/mol. The largest absolute Gasteiger partial charge is 0.444 e. The maximum absolute atomic E-state index is 12.2. The molecule has 0 aromatic heterocycles. The van der Waals surface area contributed by atoms with Crippen molar-refractivity contribution < 1.29 is 14.3 Å². The second-order valence-corrected chi connectivity index (χ2v) is 8.64. The van der Waals surface area contributed by atoms with Crippen molar-refractivity contribution in [3.63, 3.8) is 0 Å². The molecule has 0 radical (unpaired) electrons. The van der Waals surface area contributed by atoms with Gasteiger partial charge < -0.3 is 26.0 Å². The Morgan fingerprint density at radius 2 is 1.41 bits per heavy atom. The number of guanidine groups is 1. The molecule has 0 aliphatic heterocycles. The maximum atomic E-state index is 12.2. The Morgan fingerprint density at radius 3 is 1.83 bits per heavy atom. The molecule has 0 unspecified atom stereocenters. The van der Waals surface area contributed by atoms with E-state index in [4.69, 9.17) is 4.74 Å². The van der Waals surface area contributed by atoms with E-state index in [0.29, 0.717) is 25.6 Å². The van der Waals surface area contributed by atoms with Crippen LogP contribution in [-0.4, -0.2) is 55.8 Å². The zero-order valence-electron chi connectivity index (χ0n) is 19.6. The number of hydrogen-bond donors (Lipinski definition) is 4. The van der Waals surface area contributed by atoms with E-state index < -0.39 is 22.6 Å². The van der Waals surface area contributed by atoms with Gasteiger partial charge in [0.05, 0.1) is 11.0 Å². The molecular formula is C20H42IN5O3. The summed E-state index contributed by atoms with van der Waals surface area (Å²) in [5.74, 6) is 0.565. The second-order valence-electron chi connectivity index (χ2n) is 8.64. The minimum atomic E-state index is -0.574. The third kappa shape index (κ3) is 11.5. The van der Waals surface area contributed by atoms with Gasteiger partial charge in [0.2, 0.25) is 5.91 Å². The Morgan fingerprint density at radius 1 is 0.897 bits per heavy atom. The van der Waals surface area contributed by atoms with Crippen LogP contribution in [0, 0.1) is 5.41 Å². The average Bonchev–Trinajstić information content (AvgIpc) is 2.59. The van der Waals surface area contributed by atoms with E-state index in [0.717, 1.165) is 12.8 Å². The van der Waals surface area contributed by atoms with Crippen molar-refractivity contribution >= 4 is 41.9 Å². The molecule has 0 rings (SSSR count). The van der Waals surface area contributed by atoms with Crippen molar-refractivity contribution in [2.75, 3.05) is 26.7 Å². The molecule has 0 heterocycles. The van der Waals surface area contributed by atoms with Crippen molar-refractivity contribution in [3.8, 4) is 0 Å². The average molecular weight is 527 g/mol. The van der Waals surface area contributed by atoms with Crippen molar-refractivity contribution in [1.29, 1.82) is 0 Å². The van der Waals surface area contributed by atoms with Crippen LogP contribution in [0.15, 0.2) is 4.99 Å². The summed E-state index contributed by atoms with van der Waals surface area (Å²) in [4.78, 5) is 28.6. The van der Waals surface area contributed by atoms with Gasteiger partial charge in [-0.15, -0.1) is 24.0 Å². The number of hydrogen-bond acceptors (Lipinski definition) is 4. The van der Waals surface area contributed by atoms with Crippen molar-refractivity contribution in [1.82, 2.24) is 21.3 Å². The molecule has 0 aromatic rings. The first-order valence-corrected chi connectivity index (χ1v) is 10.1. The molecule has 4 N–H and O–H groups in total. The predicted octanol–water partition coefficient (Wildman–Crippen LogP) is 3.02. The van der Waals surface area contributed by atoms with Crippen LogP contribution in [0.2, 0.25) is 0 Å². The molecule has 0 spiro atoms. The van der Waals surface area contributed by atoms with Crippen LogP contribution in [0.3, 0.4) is 0 Å². The van der Waals surface area contributed by atoms with Gasteiger partial charge in [-0.25, -0.2) is 4.79 Å². The van der Waals surface area contributed by atoms with Crippen LogP contribution in [0.4, 0.5) is 4.79 Å². The number of halogens is 1. The van der Waals surface area contributed by atoms with E-state index in [1.54, 1.807) is 7.05 Å². The highest BCUT2D eigenvalue weighted by molar-refractivity contribution is 14.0. The number of aliphatic imine (C=N–C) groups is 1. The van der Waals surface area contributed by atoms with E-state index in [1.807, 2.05) is 55.4 Å². The molecule has 8 nitrogen and oxygen atoms in total. The van der Waals surface area contributed by atoms with E-state index >= 15 is 0 Å². The lowest BCUT2D eigenvalue weighted by molar-refractivity contribution is -0.128. The number of amides is 2. The van der Waals surface area contributed by atoms with Crippen LogP contribution < -0.4 is 21.3 Å². The molecule has 172 valence electrons. The Labute approximate surface area is 193 Å². The molecule has 0 saturated heterocycles. The number of nitrogens with one attached hydrogen (secondary N) is 4. The quantitative estimate of drug-likeness (QED) is 0.210. The Balaban J connectivity index is 0. The maximum Gasteiger partial charge on any atom is 0.408 e. The van der Waals surface area contributed by atoms with Crippen LogP contribution >= 0.6 is 24.0 Å². The van der Waals surface area contributed by atoms with Crippen LogP contribution in [0.25, 0.3) is 0 Å². The number of ether oxygens (including phenoxy) is 1. The SMILES string of the molecule is CCNC(=O)C(C)(C)CNC(=NC)NCC(CC)(CC)NC(=O)OC(C)(C)C.I. The minimum Gasteiger partial charge on any atom is -0.444 e. The molecule has 0 aromatic carbocycles. The second kappa shape index (κ2) is 13.1. The van der Waals surface area contributed by atoms with Gasteiger partial charge >= 0.3 is 6.09 Å². The topological polar surface area (TPSA) is 104 Å². The molecule has 0 aliphatic carbocycles. The number of carbonyl (C=O) groups excluding carboxylic acids is 2. The van der Waals surface area contributed by atoms with Gasteiger partial charge in [-0.3, -0.25) is 9.79 Å². The van der Waals surface area contributed by atoms with Gasteiger partial charge in [-0.1, -0.05) is 13.8 Å². The first-order valence-electron chi connectivity index (χ1n) is 10.1. The summed E-state index contributed by atoms with van der Waals surface area (Å²) in [6, 6.07) is 0. The smallest absolute Gasteiger partial charge is 0.408 e. The fourth-order valence-corrected chi connectivity index (χ4v) is 2.50. The lowest BCUT2D eigenvalue weighted by Gasteiger charge is -2.34. The van der Waals surface area contributed by atoms with Crippen LogP contribution in [-0.2, 0) is 9.53 Å². The van der Waals surface area contributed by atoms with Gasteiger partial charge in [-0.2, -0.15) is 0 Å². The van der Waals surface area contributed by atoms with E-state index in [-0.39, 0.29) is 29.9 Å². The Kier molecular flexibility index (Phi) is 13.5. The van der Waals surface area contributed by atoms with E-state index in [2.05, 4.69) is 26.3 Å².